The number of benzene rings is 3. The fourth-order valence-corrected chi connectivity index (χ4v) is 4.27. The Bertz CT molecular complexity index is 1360. The minimum Gasteiger partial charge on any atom is -0.347 e. The highest BCUT2D eigenvalue weighted by atomic mass is 16.2. The molecule has 0 bridgehead atoms. The zero-order chi connectivity index (χ0) is 25.8. The van der Waals surface area contributed by atoms with Crippen LogP contribution in [0.25, 0.3) is 10.8 Å². The quantitative estimate of drug-likeness (QED) is 0.553. The van der Waals surface area contributed by atoms with Gasteiger partial charge in [0, 0.05) is 12.5 Å². The number of carbonyl (C=O) groups is 5. The van der Waals surface area contributed by atoms with Crippen LogP contribution in [0.4, 0.5) is 11.4 Å². The van der Waals surface area contributed by atoms with Crippen LogP contribution in [0.15, 0.2) is 66.7 Å². The zero-order valence-electron chi connectivity index (χ0n) is 20.0. The molecule has 0 spiro atoms. The van der Waals surface area contributed by atoms with Crippen LogP contribution >= 0.6 is 0 Å². The van der Waals surface area contributed by atoms with Crippen molar-refractivity contribution in [2.75, 3.05) is 29.4 Å². The van der Waals surface area contributed by atoms with Gasteiger partial charge in [-0.3, -0.25) is 24.0 Å². The Kier molecular flexibility index (Phi) is 7.10. The monoisotopic (exact) mass is 486 g/mol. The molecule has 2 N–H and O–H groups in total. The van der Waals surface area contributed by atoms with E-state index in [2.05, 4.69) is 10.6 Å². The molecule has 0 unspecified atom stereocenters. The predicted octanol–water partition coefficient (Wildman–Crippen LogP) is 2.04. The number of ketones is 1. The van der Waals surface area contributed by atoms with E-state index >= 15 is 0 Å². The van der Waals surface area contributed by atoms with Gasteiger partial charge < -0.3 is 20.4 Å². The summed E-state index contributed by atoms with van der Waals surface area (Å²) in [6.07, 6.45) is 0. The molecule has 1 atom stereocenters. The Labute approximate surface area is 208 Å². The average Bonchev–Trinajstić information content (AvgIpc) is 2.97. The molecule has 3 aromatic rings. The fourth-order valence-electron chi connectivity index (χ4n) is 4.27. The zero-order valence-corrected chi connectivity index (χ0v) is 20.0. The maximum atomic E-state index is 13.7. The largest absolute Gasteiger partial charge is 0.347 e. The number of rotatable bonds is 6. The van der Waals surface area contributed by atoms with E-state index in [9.17, 15) is 24.0 Å². The lowest BCUT2D eigenvalue weighted by atomic mass is 10.0. The number of Topliss-reactive ketones (excluding diaryl/α,β-unsaturated/α-hetero) is 1. The number of carbonyl (C=O) groups excluding carboxylic acids is 5. The third-order valence-electron chi connectivity index (χ3n) is 5.90. The van der Waals surface area contributed by atoms with Crippen LogP contribution in [0.3, 0.4) is 0 Å². The van der Waals surface area contributed by atoms with Gasteiger partial charge in [-0.1, -0.05) is 48.5 Å². The molecule has 0 fully saturated rings. The predicted molar refractivity (Wildman–Crippen MR) is 136 cm³/mol. The van der Waals surface area contributed by atoms with Crippen LogP contribution in [-0.4, -0.2) is 55.1 Å². The number of nitrogens with one attached hydrogen (secondary N) is 2. The first-order valence-corrected chi connectivity index (χ1v) is 11.5. The molecule has 1 aliphatic rings. The van der Waals surface area contributed by atoms with Gasteiger partial charge in [0.15, 0.2) is 0 Å². The van der Waals surface area contributed by atoms with Crippen molar-refractivity contribution in [3.63, 3.8) is 0 Å². The smallest absolute Gasteiger partial charge is 0.252 e. The lowest BCUT2D eigenvalue weighted by Crippen LogP contribution is -2.54. The van der Waals surface area contributed by atoms with E-state index in [0.29, 0.717) is 16.9 Å². The number of para-hydroxylation sites is 2. The minimum atomic E-state index is -1.13. The summed E-state index contributed by atoms with van der Waals surface area (Å²) in [5.41, 5.74) is 1.16. The third kappa shape index (κ3) is 5.10. The van der Waals surface area contributed by atoms with Crippen molar-refractivity contribution >= 4 is 51.6 Å². The van der Waals surface area contributed by atoms with E-state index in [0.717, 1.165) is 10.8 Å². The van der Waals surface area contributed by atoms with Gasteiger partial charge in [-0.05, 0) is 35.9 Å². The van der Waals surface area contributed by atoms with Gasteiger partial charge in [-0.2, -0.15) is 0 Å². The number of hydrogen-bond acceptors (Lipinski definition) is 5. The summed E-state index contributed by atoms with van der Waals surface area (Å²) < 4.78 is 0. The van der Waals surface area contributed by atoms with Crippen LogP contribution in [0.2, 0.25) is 0 Å². The van der Waals surface area contributed by atoms with Crippen molar-refractivity contribution in [2.24, 2.45) is 0 Å². The highest BCUT2D eigenvalue weighted by Gasteiger charge is 2.37. The second-order valence-electron chi connectivity index (χ2n) is 8.58. The average molecular weight is 487 g/mol. The highest BCUT2D eigenvalue weighted by molar-refractivity contribution is 6.13. The Balaban J connectivity index is 1.73. The van der Waals surface area contributed by atoms with E-state index in [1.54, 1.807) is 36.4 Å². The summed E-state index contributed by atoms with van der Waals surface area (Å²) in [6.45, 7) is 2.00. The van der Waals surface area contributed by atoms with Gasteiger partial charge in [0.2, 0.25) is 11.8 Å². The van der Waals surface area contributed by atoms with Crippen LogP contribution in [-0.2, 0) is 19.2 Å². The van der Waals surface area contributed by atoms with Crippen molar-refractivity contribution in [2.45, 2.75) is 19.9 Å². The summed E-state index contributed by atoms with van der Waals surface area (Å²) in [5.74, 6) is -2.08. The van der Waals surface area contributed by atoms with Crippen LogP contribution in [0.1, 0.15) is 24.2 Å². The molecule has 184 valence electrons. The molecule has 1 aliphatic heterocycles. The first-order valence-electron chi connectivity index (χ1n) is 11.5. The maximum absolute atomic E-state index is 13.7. The molecular weight excluding hydrogens is 460 g/mol. The Morgan fingerprint density at radius 3 is 2.28 bits per heavy atom. The summed E-state index contributed by atoms with van der Waals surface area (Å²) in [6, 6.07) is 18.3. The normalized spacial score (nSPS) is 15.2. The number of amides is 4. The van der Waals surface area contributed by atoms with Gasteiger partial charge in [0.1, 0.15) is 11.8 Å². The van der Waals surface area contributed by atoms with Crippen molar-refractivity contribution in [1.29, 1.82) is 0 Å². The molecule has 36 heavy (non-hydrogen) atoms. The number of anilines is 2. The van der Waals surface area contributed by atoms with E-state index in [4.69, 9.17) is 0 Å². The van der Waals surface area contributed by atoms with Crippen LogP contribution in [0, 0.1) is 0 Å². The second kappa shape index (κ2) is 10.4. The lowest BCUT2D eigenvalue weighted by molar-refractivity contribution is -0.124. The fraction of sp³-hybridized carbons (Fsp3) is 0.222. The van der Waals surface area contributed by atoms with Gasteiger partial charge in [0.25, 0.3) is 11.8 Å². The Morgan fingerprint density at radius 2 is 1.56 bits per heavy atom. The maximum Gasteiger partial charge on any atom is 0.252 e. The molecule has 3 aromatic carbocycles. The molecule has 9 nitrogen and oxygen atoms in total. The van der Waals surface area contributed by atoms with E-state index in [1.807, 2.05) is 30.3 Å². The summed E-state index contributed by atoms with van der Waals surface area (Å²) in [7, 11) is 0. The number of hydrogen-bond donors (Lipinski definition) is 2. The third-order valence-corrected chi connectivity index (χ3v) is 5.90. The summed E-state index contributed by atoms with van der Waals surface area (Å²) in [5, 5.41) is 6.86. The molecule has 0 saturated heterocycles. The van der Waals surface area contributed by atoms with Crippen molar-refractivity contribution in [1.82, 2.24) is 10.6 Å². The van der Waals surface area contributed by atoms with Gasteiger partial charge in [-0.25, -0.2) is 0 Å². The molecule has 1 heterocycles. The molecule has 0 aliphatic carbocycles. The topological polar surface area (TPSA) is 116 Å². The lowest BCUT2D eigenvalue weighted by Gasteiger charge is -2.25. The molecular formula is C27H26N4O5. The van der Waals surface area contributed by atoms with Gasteiger partial charge >= 0.3 is 0 Å². The summed E-state index contributed by atoms with van der Waals surface area (Å²) >= 11 is 0. The molecule has 9 heteroatoms. The molecule has 0 saturated carbocycles. The van der Waals surface area contributed by atoms with E-state index in [1.165, 1.54) is 23.6 Å². The summed E-state index contributed by atoms with van der Waals surface area (Å²) in [4.78, 5) is 66.3. The number of nitrogens with zero attached hydrogens (tertiary/aromatic N) is 2. The Morgan fingerprint density at radius 1 is 0.889 bits per heavy atom. The molecule has 0 aromatic heterocycles. The van der Waals surface area contributed by atoms with Gasteiger partial charge in [-0.15, -0.1) is 0 Å². The van der Waals surface area contributed by atoms with Crippen molar-refractivity contribution < 1.29 is 24.0 Å². The van der Waals surface area contributed by atoms with Crippen LogP contribution < -0.4 is 20.4 Å². The van der Waals surface area contributed by atoms with Gasteiger partial charge in [0.05, 0.1) is 31.0 Å². The standard InChI is InChI=1S/C27H26N4O5/c1-17(32)15-31-24-13-6-5-12-23(24)30(25(34)14-28-18(2)33)16-22(27(31)36)29-26(35)21-11-7-9-19-8-3-4-10-20(19)21/h3-13,22H,14-16H2,1-2H3,(H,28,33)(H,29,35)/t22-/m0/s1. The second-order valence-corrected chi connectivity index (χ2v) is 8.58. The first kappa shape index (κ1) is 24.6. The highest BCUT2D eigenvalue weighted by Crippen LogP contribution is 2.33. The molecule has 4 amide bonds. The Hall–Kier alpha value is -4.53. The molecule has 4 rings (SSSR count). The minimum absolute atomic E-state index is 0.167. The van der Waals surface area contributed by atoms with E-state index < -0.39 is 23.8 Å². The SMILES string of the molecule is CC(=O)CN1C(=O)[C@@H](NC(=O)c2cccc3ccccc23)CN(C(=O)CNC(C)=O)c2ccccc21. The van der Waals surface area contributed by atoms with Crippen LogP contribution in [0.5, 0.6) is 0 Å². The number of fused-ring (bicyclic) bond motifs is 2. The first-order chi connectivity index (χ1) is 17.3. The van der Waals surface area contributed by atoms with Crippen molar-refractivity contribution in [3.8, 4) is 0 Å². The van der Waals surface area contributed by atoms with E-state index in [-0.39, 0.29) is 31.3 Å². The molecule has 0 radical (unpaired) electrons. The van der Waals surface area contributed by atoms with Crippen molar-refractivity contribution in [3.05, 3.63) is 72.3 Å².